The van der Waals surface area contributed by atoms with E-state index in [1.54, 1.807) is 7.11 Å². The lowest BCUT2D eigenvalue weighted by Gasteiger charge is -2.38. The highest BCUT2D eigenvalue weighted by Gasteiger charge is 2.29. The van der Waals surface area contributed by atoms with E-state index in [0.29, 0.717) is 18.5 Å². The number of methoxy groups -OCH3 is 1. The van der Waals surface area contributed by atoms with Gasteiger partial charge in [-0.2, -0.15) is 9.36 Å². The summed E-state index contributed by atoms with van der Waals surface area (Å²) in [6, 6.07) is 0. The second-order valence-electron chi connectivity index (χ2n) is 5.89. The van der Waals surface area contributed by atoms with E-state index in [2.05, 4.69) is 22.3 Å². The van der Waals surface area contributed by atoms with Gasteiger partial charge in [-0.3, -0.25) is 0 Å². The van der Waals surface area contributed by atoms with Crippen LogP contribution in [0, 0.1) is 5.41 Å². The number of aryl methyl sites for hydroxylation is 1. The summed E-state index contributed by atoms with van der Waals surface area (Å²) in [6.07, 6.45) is 2.27. The van der Waals surface area contributed by atoms with E-state index in [9.17, 15) is 4.79 Å². The maximum Gasteiger partial charge on any atom is 0.363 e. The first-order chi connectivity index (χ1) is 9.58. The Morgan fingerprint density at radius 1 is 1.20 bits per heavy atom. The molecule has 1 aromatic rings. The zero-order valence-electron chi connectivity index (χ0n) is 12.7. The number of nitrogens with zero attached hydrogens (tertiary/aromatic N) is 5. The minimum Gasteiger partial charge on any atom is -0.384 e. The molecule has 1 saturated heterocycles. The quantitative estimate of drug-likeness (QED) is 0.746. The van der Waals surface area contributed by atoms with Crippen LogP contribution in [0.5, 0.6) is 0 Å². The maximum atomic E-state index is 11.8. The van der Waals surface area contributed by atoms with Gasteiger partial charge in [0.15, 0.2) is 0 Å². The third-order valence-corrected chi connectivity index (χ3v) is 4.18. The largest absolute Gasteiger partial charge is 0.384 e. The van der Waals surface area contributed by atoms with Crippen molar-refractivity contribution in [1.29, 1.82) is 0 Å². The van der Waals surface area contributed by atoms with E-state index >= 15 is 0 Å². The maximum absolute atomic E-state index is 11.8. The third-order valence-electron chi connectivity index (χ3n) is 4.18. The van der Waals surface area contributed by atoms with E-state index in [1.807, 2.05) is 6.92 Å². The lowest BCUT2D eigenvalue weighted by molar-refractivity contribution is 0.0332. The normalized spacial score (nSPS) is 19.4. The predicted molar refractivity (Wildman–Crippen MR) is 75.6 cm³/mol. The highest BCUT2D eigenvalue weighted by atomic mass is 16.5. The van der Waals surface area contributed by atoms with E-state index in [-0.39, 0.29) is 5.69 Å². The molecule has 0 saturated carbocycles. The van der Waals surface area contributed by atoms with Crippen molar-refractivity contribution >= 4 is 0 Å². The summed E-state index contributed by atoms with van der Waals surface area (Å²) >= 11 is 0. The number of piperidine rings is 1. The number of hydrogen-bond acceptors (Lipinski definition) is 5. The molecular formula is C13H25N5O2. The van der Waals surface area contributed by atoms with Gasteiger partial charge in [0.05, 0.1) is 13.2 Å². The minimum atomic E-state index is -0.117. The minimum absolute atomic E-state index is 0.117. The number of rotatable bonds is 6. The van der Waals surface area contributed by atoms with Gasteiger partial charge in [-0.15, -0.1) is 0 Å². The zero-order chi connectivity index (χ0) is 14.6. The van der Waals surface area contributed by atoms with Crippen LogP contribution in [-0.4, -0.2) is 58.0 Å². The Labute approximate surface area is 119 Å². The van der Waals surface area contributed by atoms with E-state index in [1.165, 1.54) is 9.36 Å². The molecule has 0 aliphatic carbocycles. The van der Waals surface area contributed by atoms with Crippen molar-refractivity contribution in [3.8, 4) is 0 Å². The SMILES string of the molecule is CCn1nnn(CCN2CCC(C)(COC)CC2)c1=O. The highest BCUT2D eigenvalue weighted by molar-refractivity contribution is 4.82. The van der Waals surface area contributed by atoms with Crippen LogP contribution >= 0.6 is 0 Å². The van der Waals surface area contributed by atoms with Crippen molar-refractivity contribution in [3.63, 3.8) is 0 Å². The number of hydrogen-bond donors (Lipinski definition) is 0. The molecule has 0 atom stereocenters. The second-order valence-corrected chi connectivity index (χ2v) is 5.89. The molecule has 1 aliphatic rings. The Morgan fingerprint density at radius 3 is 2.40 bits per heavy atom. The fourth-order valence-corrected chi connectivity index (χ4v) is 2.69. The summed E-state index contributed by atoms with van der Waals surface area (Å²) in [7, 11) is 1.76. The molecule has 2 rings (SSSR count). The summed E-state index contributed by atoms with van der Waals surface area (Å²) in [5.74, 6) is 0. The van der Waals surface area contributed by atoms with Crippen molar-refractivity contribution in [2.24, 2.45) is 5.41 Å². The molecule has 114 valence electrons. The van der Waals surface area contributed by atoms with E-state index < -0.39 is 0 Å². The van der Waals surface area contributed by atoms with Crippen molar-refractivity contribution < 1.29 is 4.74 Å². The van der Waals surface area contributed by atoms with Gasteiger partial charge < -0.3 is 9.64 Å². The van der Waals surface area contributed by atoms with Crippen molar-refractivity contribution in [1.82, 2.24) is 24.7 Å². The standard InChI is InChI=1S/C13H25N5O2/c1-4-17-12(19)18(15-14-17)10-9-16-7-5-13(2,6-8-16)11-20-3/h4-11H2,1-3H3. The van der Waals surface area contributed by atoms with Crippen LogP contribution in [0.1, 0.15) is 26.7 Å². The Hall–Kier alpha value is -1.21. The molecule has 0 radical (unpaired) electrons. The molecule has 1 aromatic heterocycles. The molecule has 7 nitrogen and oxygen atoms in total. The number of tetrazole rings is 1. The number of ether oxygens (including phenoxy) is 1. The molecule has 0 aromatic carbocycles. The van der Waals surface area contributed by atoms with Crippen LogP contribution in [0.3, 0.4) is 0 Å². The van der Waals surface area contributed by atoms with Gasteiger partial charge in [-0.25, -0.2) is 4.79 Å². The van der Waals surface area contributed by atoms with Gasteiger partial charge in [0.2, 0.25) is 0 Å². The number of aromatic nitrogens is 4. The predicted octanol–water partition coefficient (Wildman–Crippen LogP) is 0.208. The molecule has 0 bridgehead atoms. The second kappa shape index (κ2) is 6.49. The Balaban J connectivity index is 1.81. The summed E-state index contributed by atoms with van der Waals surface area (Å²) in [5, 5.41) is 7.73. The van der Waals surface area contributed by atoms with Crippen LogP contribution in [0.2, 0.25) is 0 Å². The van der Waals surface area contributed by atoms with Gasteiger partial charge in [0, 0.05) is 20.2 Å². The summed E-state index contributed by atoms with van der Waals surface area (Å²) < 4.78 is 8.13. The zero-order valence-corrected chi connectivity index (χ0v) is 12.7. The lowest BCUT2D eigenvalue weighted by Crippen LogP contribution is -2.42. The Bertz CT molecular complexity index is 473. The van der Waals surface area contributed by atoms with Crippen LogP contribution in [0.15, 0.2) is 4.79 Å². The third kappa shape index (κ3) is 3.46. The fraction of sp³-hybridized carbons (Fsp3) is 0.923. The molecule has 0 amide bonds. The number of likely N-dealkylation sites (tertiary alicyclic amines) is 1. The first-order valence-electron chi connectivity index (χ1n) is 7.30. The molecule has 7 heteroatoms. The van der Waals surface area contributed by atoms with Crippen LogP contribution in [0.25, 0.3) is 0 Å². The monoisotopic (exact) mass is 283 g/mol. The van der Waals surface area contributed by atoms with Crippen molar-refractivity contribution in [3.05, 3.63) is 10.5 Å². The summed E-state index contributed by atoms with van der Waals surface area (Å²) in [4.78, 5) is 14.2. The molecule has 0 N–H and O–H groups in total. The van der Waals surface area contributed by atoms with E-state index in [0.717, 1.165) is 39.1 Å². The molecule has 1 fully saturated rings. The lowest BCUT2D eigenvalue weighted by atomic mass is 9.81. The highest BCUT2D eigenvalue weighted by Crippen LogP contribution is 2.30. The average molecular weight is 283 g/mol. The molecule has 2 heterocycles. The van der Waals surface area contributed by atoms with Crippen LogP contribution in [0.4, 0.5) is 0 Å². The smallest absolute Gasteiger partial charge is 0.363 e. The Morgan fingerprint density at radius 2 is 1.85 bits per heavy atom. The molecule has 0 unspecified atom stereocenters. The van der Waals surface area contributed by atoms with Crippen molar-refractivity contribution in [2.75, 3.05) is 33.4 Å². The summed E-state index contributed by atoms with van der Waals surface area (Å²) in [6.45, 7) is 9.13. The molecule has 0 spiro atoms. The first kappa shape index (κ1) is 15.2. The molecular weight excluding hydrogens is 258 g/mol. The topological polar surface area (TPSA) is 65.2 Å². The first-order valence-corrected chi connectivity index (χ1v) is 7.30. The average Bonchev–Trinajstić information content (AvgIpc) is 2.79. The van der Waals surface area contributed by atoms with Gasteiger partial charge in [-0.05, 0) is 48.7 Å². The molecule has 1 aliphatic heterocycles. The fourth-order valence-electron chi connectivity index (χ4n) is 2.69. The summed E-state index contributed by atoms with van der Waals surface area (Å²) in [5.41, 5.74) is 0.182. The van der Waals surface area contributed by atoms with Gasteiger partial charge in [-0.1, -0.05) is 6.92 Å². The van der Waals surface area contributed by atoms with E-state index in [4.69, 9.17) is 4.74 Å². The molecule has 20 heavy (non-hydrogen) atoms. The van der Waals surface area contributed by atoms with Gasteiger partial charge >= 0.3 is 5.69 Å². The van der Waals surface area contributed by atoms with Crippen molar-refractivity contribution in [2.45, 2.75) is 39.8 Å². The van der Waals surface area contributed by atoms with Gasteiger partial charge in [0.25, 0.3) is 0 Å². The Kier molecular flexibility index (Phi) is 4.93. The van der Waals surface area contributed by atoms with Crippen LogP contribution in [-0.2, 0) is 17.8 Å². The van der Waals surface area contributed by atoms with Crippen LogP contribution < -0.4 is 5.69 Å². The van der Waals surface area contributed by atoms with Gasteiger partial charge in [0.1, 0.15) is 0 Å².